The van der Waals surface area contributed by atoms with Crippen molar-refractivity contribution in [3.05, 3.63) is 39.2 Å². The van der Waals surface area contributed by atoms with Crippen LogP contribution in [0.1, 0.15) is 18.4 Å². The second-order valence-electron chi connectivity index (χ2n) is 5.01. The topological polar surface area (TPSA) is 59.3 Å². The average molecular weight is 266 g/mol. The molecule has 94 valence electrons. The molecule has 1 saturated carbocycles. The minimum atomic E-state index is -0.517. The highest BCUT2D eigenvalue weighted by molar-refractivity contribution is 6.31. The van der Waals surface area contributed by atoms with Crippen LogP contribution in [-0.4, -0.2) is 23.0 Å². The number of nitrogens with zero attached hydrogens (tertiary/aromatic N) is 3. The molecule has 1 aromatic heterocycles. The fourth-order valence-corrected chi connectivity index (χ4v) is 2.51. The first-order chi connectivity index (χ1) is 8.58. The van der Waals surface area contributed by atoms with E-state index in [0.29, 0.717) is 16.1 Å². The fourth-order valence-electron chi connectivity index (χ4n) is 2.30. The number of rotatable bonds is 3. The lowest BCUT2D eigenvalue weighted by molar-refractivity contribution is -0.400. The van der Waals surface area contributed by atoms with Gasteiger partial charge in [-0.05, 0) is 25.0 Å². The third kappa shape index (κ3) is 2.06. The monoisotopic (exact) mass is 265 g/mol. The summed E-state index contributed by atoms with van der Waals surface area (Å²) in [5.74, 6) is 0.857. The van der Waals surface area contributed by atoms with Crippen molar-refractivity contribution < 1.29 is 4.92 Å². The van der Waals surface area contributed by atoms with Crippen LogP contribution >= 0.6 is 11.6 Å². The van der Waals surface area contributed by atoms with Crippen molar-refractivity contribution in [2.24, 2.45) is 5.41 Å². The Morgan fingerprint density at radius 2 is 2.17 bits per heavy atom. The van der Waals surface area contributed by atoms with Crippen molar-refractivity contribution >= 4 is 23.5 Å². The maximum Gasteiger partial charge on any atom is 0.235 e. The molecule has 0 N–H and O–H groups in total. The number of aromatic nitrogens is 1. The lowest BCUT2D eigenvalue weighted by atomic mass is 9.97. The first-order valence-electron chi connectivity index (χ1n) is 5.81. The van der Waals surface area contributed by atoms with Crippen molar-refractivity contribution in [1.82, 2.24) is 4.98 Å². The van der Waals surface area contributed by atoms with Gasteiger partial charge in [-0.1, -0.05) is 11.6 Å². The van der Waals surface area contributed by atoms with E-state index in [2.05, 4.69) is 9.88 Å². The molecule has 1 aliphatic heterocycles. The van der Waals surface area contributed by atoms with E-state index in [1.54, 1.807) is 6.07 Å². The van der Waals surface area contributed by atoms with Crippen LogP contribution in [-0.2, 0) is 0 Å². The van der Waals surface area contributed by atoms with Gasteiger partial charge in [-0.15, -0.1) is 0 Å². The fraction of sp³-hybridized carbons (Fsp3) is 0.417. The van der Waals surface area contributed by atoms with Crippen molar-refractivity contribution in [2.45, 2.75) is 12.8 Å². The minimum Gasteiger partial charge on any atom is -0.355 e. The Kier molecular flexibility index (Phi) is 2.52. The molecule has 1 saturated heterocycles. The van der Waals surface area contributed by atoms with Gasteiger partial charge in [0.1, 0.15) is 11.0 Å². The third-order valence-electron chi connectivity index (χ3n) is 3.57. The van der Waals surface area contributed by atoms with Gasteiger partial charge >= 0.3 is 0 Å². The van der Waals surface area contributed by atoms with E-state index in [9.17, 15) is 10.1 Å². The number of hydrogen-bond acceptors (Lipinski definition) is 4. The molecule has 1 spiro atoms. The highest BCUT2D eigenvalue weighted by Crippen LogP contribution is 2.53. The number of nitro groups is 1. The zero-order chi connectivity index (χ0) is 12.8. The Morgan fingerprint density at radius 1 is 1.44 bits per heavy atom. The molecule has 0 atom stereocenters. The minimum absolute atomic E-state index is 0.308. The summed E-state index contributed by atoms with van der Waals surface area (Å²) in [6.45, 7) is 2.11. The molecular weight excluding hydrogens is 254 g/mol. The molecule has 1 aromatic rings. The number of anilines is 1. The quantitative estimate of drug-likeness (QED) is 0.479. The van der Waals surface area contributed by atoms with Crippen molar-refractivity contribution in [3.63, 3.8) is 0 Å². The van der Waals surface area contributed by atoms with Crippen molar-refractivity contribution in [3.8, 4) is 0 Å². The summed E-state index contributed by atoms with van der Waals surface area (Å²) in [7, 11) is 0. The lowest BCUT2D eigenvalue weighted by Gasteiger charge is -2.41. The molecule has 5 nitrogen and oxygen atoms in total. The second kappa shape index (κ2) is 3.95. The second-order valence-corrected chi connectivity index (χ2v) is 5.36. The van der Waals surface area contributed by atoms with Crippen LogP contribution in [0.5, 0.6) is 0 Å². The molecule has 1 aliphatic carbocycles. The van der Waals surface area contributed by atoms with E-state index >= 15 is 0 Å². The predicted molar refractivity (Wildman–Crippen MR) is 69.2 cm³/mol. The number of halogens is 1. The van der Waals surface area contributed by atoms with Gasteiger partial charge in [0.05, 0.1) is 4.92 Å². The molecule has 6 heteroatoms. The first kappa shape index (κ1) is 11.5. The van der Waals surface area contributed by atoms with Gasteiger partial charge in [0.15, 0.2) is 0 Å². The molecule has 0 bridgehead atoms. The highest BCUT2D eigenvalue weighted by Gasteiger charge is 2.52. The van der Waals surface area contributed by atoms with Gasteiger partial charge in [0.2, 0.25) is 6.20 Å². The van der Waals surface area contributed by atoms with Gasteiger partial charge in [-0.25, -0.2) is 4.98 Å². The summed E-state index contributed by atoms with van der Waals surface area (Å²) in [5, 5.41) is 10.5. The maximum atomic E-state index is 10.2. The third-order valence-corrected chi connectivity index (χ3v) is 3.88. The van der Waals surface area contributed by atoms with E-state index in [1.807, 2.05) is 6.07 Å². The normalized spacial score (nSPS) is 20.2. The van der Waals surface area contributed by atoms with Crippen LogP contribution in [0.15, 0.2) is 18.3 Å². The lowest BCUT2D eigenvalue weighted by Crippen LogP contribution is -2.48. The SMILES string of the molecule is O=[N+]([O-])/C=C/c1ccc(N2CC3(CC3)C2)nc1Cl. The van der Waals surface area contributed by atoms with E-state index in [4.69, 9.17) is 11.6 Å². The summed E-state index contributed by atoms with van der Waals surface area (Å²) in [4.78, 5) is 16.2. The van der Waals surface area contributed by atoms with E-state index in [1.165, 1.54) is 18.9 Å². The molecule has 18 heavy (non-hydrogen) atoms. The van der Waals surface area contributed by atoms with Gasteiger partial charge in [-0.2, -0.15) is 0 Å². The van der Waals surface area contributed by atoms with E-state index in [0.717, 1.165) is 25.1 Å². The number of pyridine rings is 1. The molecule has 2 aliphatic rings. The summed E-state index contributed by atoms with van der Waals surface area (Å²) in [6.07, 6.45) is 4.87. The average Bonchev–Trinajstić information content (AvgIpc) is 3.05. The van der Waals surface area contributed by atoms with Crippen molar-refractivity contribution in [1.29, 1.82) is 0 Å². The van der Waals surface area contributed by atoms with Crippen LogP contribution < -0.4 is 4.90 Å². The molecule has 2 fully saturated rings. The molecule has 0 amide bonds. The molecule has 0 radical (unpaired) electrons. The summed E-state index contributed by atoms with van der Waals surface area (Å²) < 4.78 is 0. The van der Waals surface area contributed by atoms with Crippen LogP contribution in [0.25, 0.3) is 6.08 Å². The molecule has 0 aromatic carbocycles. The zero-order valence-electron chi connectivity index (χ0n) is 9.67. The Morgan fingerprint density at radius 3 is 2.72 bits per heavy atom. The molecule has 0 unspecified atom stereocenters. The van der Waals surface area contributed by atoms with Crippen LogP contribution in [0.2, 0.25) is 5.15 Å². The smallest absolute Gasteiger partial charge is 0.235 e. The Labute approximate surface area is 109 Å². The summed E-state index contributed by atoms with van der Waals surface area (Å²) in [6, 6.07) is 3.63. The molecule has 3 rings (SSSR count). The first-order valence-corrected chi connectivity index (χ1v) is 6.19. The van der Waals surface area contributed by atoms with E-state index in [-0.39, 0.29) is 0 Å². The maximum absolute atomic E-state index is 10.2. The highest BCUT2D eigenvalue weighted by atomic mass is 35.5. The molecular formula is C12H12ClN3O2. The van der Waals surface area contributed by atoms with Gasteiger partial charge < -0.3 is 4.90 Å². The van der Waals surface area contributed by atoms with E-state index < -0.39 is 4.92 Å². The Hall–Kier alpha value is -1.62. The number of hydrogen-bond donors (Lipinski definition) is 0. The Balaban J connectivity index is 1.74. The van der Waals surface area contributed by atoms with Crippen LogP contribution in [0.4, 0.5) is 5.82 Å². The standard InChI is InChI=1S/C12H12ClN3O2/c13-11-9(3-6-16(17)18)1-2-10(14-11)15-7-12(8-15)4-5-12/h1-3,6H,4-5,7-8H2/b6-3+. The largest absolute Gasteiger partial charge is 0.355 e. The van der Waals surface area contributed by atoms with Gasteiger partial charge in [0, 0.05) is 30.1 Å². The van der Waals surface area contributed by atoms with Gasteiger partial charge in [0.25, 0.3) is 0 Å². The van der Waals surface area contributed by atoms with Gasteiger partial charge in [-0.3, -0.25) is 10.1 Å². The van der Waals surface area contributed by atoms with Crippen molar-refractivity contribution in [2.75, 3.05) is 18.0 Å². The zero-order valence-corrected chi connectivity index (χ0v) is 10.4. The molecule has 2 heterocycles. The van der Waals surface area contributed by atoms with Crippen LogP contribution in [0, 0.1) is 15.5 Å². The van der Waals surface area contributed by atoms with Crippen LogP contribution in [0.3, 0.4) is 0 Å². The summed E-state index contributed by atoms with van der Waals surface area (Å²) in [5.41, 5.74) is 1.14. The predicted octanol–water partition coefficient (Wildman–Crippen LogP) is 2.58. The Bertz CT molecular complexity index is 532. The summed E-state index contributed by atoms with van der Waals surface area (Å²) >= 11 is 6.01.